The summed E-state index contributed by atoms with van der Waals surface area (Å²) in [6, 6.07) is 15.1. The van der Waals surface area contributed by atoms with Crippen LogP contribution in [0.4, 0.5) is 5.69 Å². The molecule has 5 nitrogen and oxygen atoms in total. The molecule has 0 atom stereocenters. The van der Waals surface area contributed by atoms with Crippen LogP contribution in [0.5, 0.6) is 0 Å². The third-order valence-corrected chi connectivity index (χ3v) is 2.92. The fourth-order valence-electron chi connectivity index (χ4n) is 1.87. The summed E-state index contributed by atoms with van der Waals surface area (Å²) in [5.74, 6) is -1.23. The lowest BCUT2D eigenvalue weighted by atomic mass is 10.1. The van der Waals surface area contributed by atoms with Crippen LogP contribution < -0.4 is 5.32 Å². The molecule has 2 aromatic carbocycles. The summed E-state index contributed by atoms with van der Waals surface area (Å²) in [6.07, 6.45) is 0. The molecule has 0 aliphatic rings. The van der Waals surface area contributed by atoms with Gasteiger partial charge in [-0.05, 0) is 31.2 Å². The second-order valence-electron chi connectivity index (χ2n) is 4.59. The van der Waals surface area contributed by atoms with E-state index < -0.39 is 18.5 Å². The van der Waals surface area contributed by atoms with Crippen LogP contribution in [0, 0.1) is 0 Å². The predicted molar refractivity (Wildman–Crippen MR) is 81.8 cm³/mol. The molecule has 5 heteroatoms. The number of nitrogens with one attached hydrogen (secondary N) is 1. The lowest BCUT2D eigenvalue weighted by Crippen LogP contribution is -2.21. The van der Waals surface area contributed by atoms with Crippen LogP contribution in [0.3, 0.4) is 0 Å². The van der Waals surface area contributed by atoms with Gasteiger partial charge in [0.05, 0.1) is 11.3 Å². The van der Waals surface area contributed by atoms with E-state index in [0.717, 1.165) is 0 Å². The molecule has 2 aromatic rings. The Morgan fingerprint density at radius 1 is 0.955 bits per heavy atom. The second kappa shape index (κ2) is 7.17. The maximum Gasteiger partial charge on any atom is 0.338 e. The van der Waals surface area contributed by atoms with Crippen molar-refractivity contribution in [1.29, 1.82) is 0 Å². The van der Waals surface area contributed by atoms with Gasteiger partial charge < -0.3 is 10.1 Å². The Kier molecular flexibility index (Phi) is 5.03. The standard InChI is InChI=1S/C17H15NO4/c1-12(19)14-9-5-6-10-15(14)18-16(20)11-22-17(21)13-7-3-2-4-8-13/h2-10H,11H2,1H3,(H,18,20). The van der Waals surface area contributed by atoms with Crippen LogP contribution in [-0.2, 0) is 9.53 Å². The average Bonchev–Trinajstić information content (AvgIpc) is 2.53. The number of amides is 1. The number of Topliss-reactive ketones (excluding diaryl/α,β-unsaturated/α-hetero) is 1. The van der Waals surface area contributed by atoms with Crippen molar-refractivity contribution >= 4 is 23.3 Å². The zero-order valence-electron chi connectivity index (χ0n) is 12.0. The number of rotatable bonds is 5. The highest BCUT2D eigenvalue weighted by Crippen LogP contribution is 2.15. The number of hydrogen-bond acceptors (Lipinski definition) is 4. The van der Waals surface area contributed by atoms with E-state index in [0.29, 0.717) is 16.8 Å². The minimum absolute atomic E-state index is 0.155. The fraction of sp³-hybridized carbons (Fsp3) is 0.118. The number of hydrogen-bond donors (Lipinski definition) is 1. The first-order valence-corrected chi connectivity index (χ1v) is 6.70. The number of benzene rings is 2. The van der Waals surface area contributed by atoms with Crippen LogP contribution in [0.15, 0.2) is 54.6 Å². The van der Waals surface area contributed by atoms with E-state index in [-0.39, 0.29) is 5.78 Å². The Hall–Kier alpha value is -2.95. The lowest BCUT2D eigenvalue weighted by Gasteiger charge is -2.09. The van der Waals surface area contributed by atoms with Gasteiger partial charge in [-0.1, -0.05) is 30.3 Å². The number of ether oxygens (including phenoxy) is 1. The Morgan fingerprint density at radius 3 is 2.27 bits per heavy atom. The smallest absolute Gasteiger partial charge is 0.338 e. The highest BCUT2D eigenvalue weighted by Gasteiger charge is 2.12. The number of esters is 1. The van der Waals surface area contributed by atoms with E-state index in [2.05, 4.69) is 5.32 Å². The molecule has 0 aromatic heterocycles. The van der Waals surface area contributed by atoms with E-state index in [4.69, 9.17) is 4.74 Å². The fourth-order valence-corrected chi connectivity index (χ4v) is 1.87. The van der Waals surface area contributed by atoms with Crippen molar-refractivity contribution in [3.05, 3.63) is 65.7 Å². The molecule has 0 unspecified atom stereocenters. The van der Waals surface area contributed by atoms with E-state index in [1.165, 1.54) is 6.92 Å². The number of anilines is 1. The molecule has 0 saturated carbocycles. The third-order valence-electron chi connectivity index (χ3n) is 2.92. The van der Waals surface area contributed by atoms with E-state index in [1.54, 1.807) is 54.6 Å². The van der Waals surface area contributed by atoms with Gasteiger partial charge in [-0.2, -0.15) is 0 Å². The number of carbonyl (C=O) groups excluding carboxylic acids is 3. The summed E-state index contributed by atoms with van der Waals surface area (Å²) in [6.45, 7) is 1.00. The second-order valence-corrected chi connectivity index (χ2v) is 4.59. The van der Waals surface area contributed by atoms with Gasteiger partial charge in [0.2, 0.25) is 0 Å². The minimum Gasteiger partial charge on any atom is -0.452 e. The van der Waals surface area contributed by atoms with Crippen molar-refractivity contribution in [2.24, 2.45) is 0 Å². The Bertz CT molecular complexity index is 695. The van der Waals surface area contributed by atoms with Gasteiger partial charge in [-0.15, -0.1) is 0 Å². The number of ketones is 1. The minimum atomic E-state index is -0.574. The molecule has 1 N–H and O–H groups in total. The van der Waals surface area contributed by atoms with Crippen molar-refractivity contribution in [3.8, 4) is 0 Å². The first kappa shape index (κ1) is 15.4. The van der Waals surface area contributed by atoms with Gasteiger partial charge in [0.15, 0.2) is 12.4 Å². The molecule has 112 valence electrons. The SMILES string of the molecule is CC(=O)c1ccccc1NC(=O)COC(=O)c1ccccc1. The summed E-state index contributed by atoms with van der Waals surface area (Å²) >= 11 is 0. The van der Waals surface area contributed by atoms with Gasteiger partial charge in [-0.3, -0.25) is 9.59 Å². The summed E-state index contributed by atoms with van der Waals surface area (Å²) in [4.78, 5) is 35.0. The predicted octanol–water partition coefficient (Wildman–Crippen LogP) is 2.68. The summed E-state index contributed by atoms with van der Waals surface area (Å²) in [5.41, 5.74) is 1.18. The van der Waals surface area contributed by atoms with E-state index >= 15 is 0 Å². The zero-order chi connectivity index (χ0) is 15.9. The average molecular weight is 297 g/mol. The summed E-state index contributed by atoms with van der Waals surface area (Å²) < 4.78 is 4.93. The summed E-state index contributed by atoms with van der Waals surface area (Å²) in [7, 11) is 0. The highest BCUT2D eigenvalue weighted by molar-refractivity contribution is 6.04. The van der Waals surface area contributed by atoms with Crippen LogP contribution in [0.2, 0.25) is 0 Å². The molecule has 2 rings (SSSR count). The molecule has 0 aliphatic heterocycles. The molecule has 22 heavy (non-hydrogen) atoms. The Morgan fingerprint density at radius 2 is 1.59 bits per heavy atom. The Balaban J connectivity index is 1.94. The van der Waals surface area contributed by atoms with Crippen molar-refractivity contribution in [3.63, 3.8) is 0 Å². The molecular formula is C17H15NO4. The third kappa shape index (κ3) is 4.02. The maximum atomic E-state index is 11.8. The maximum absolute atomic E-state index is 11.8. The molecular weight excluding hydrogens is 282 g/mol. The highest BCUT2D eigenvalue weighted by atomic mass is 16.5. The normalized spacial score (nSPS) is 9.86. The first-order valence-electron chi connectivity index (χ1n) is 6.70. The molecule has 0 bridgehead atoms. The molecule has 0 fully saturated rings. The molecule has 0 spiro atoms. The van der Waals surface area contributed by atoms with Crippen molar-refractivity contribution in [1.82, 2.24) is 0 Å². The van der Waals surface area contributed by atoms with Gasteiger partial charge in [0.1, 0.15) is 0 Å². The van der Waals surface area contributed by atoms with E-state index in [9.17, 15) is 14.4 Å². The van der Waals surface area contributed by atoms with Gasteiger partial charge >= 0.3 is 5.97 Å². The van der Waals surface area contributed by atoms with Crippen LogP contribution in [-0.4, -0.2) is 24.3 Å². The van der Waals surface area contributed by atoms with Crippen molar-refractivity contribution in [2.45, 2.75) is 6.92 Å². The molecule has 0 heterocycles. The topological polar surface area (TPSA) is 72.5 Å². The largest absolute Gasteiger partial charge is 0.452 e. The van der Waals surface area contributed by atoms with Gasteiger partial charge in [0.25, 0.3) is 5.91 Å². The lowest BCUT2D eigenvalue weighted by molar-refractivity contribution is -0.119. The van der Waals surface area contributed by atoms with Crippen molar-refractivity contribution in [2.75, 3.05) is 11.9 Å². The first-order chi connectivity index (χ1) is 10.6. The monoisotopic (exact) mass is 297 g/mol. The molecule has 1 amide bonds. The summed E-state index contributed by atoms with van der Waals surface area (Å²) in [5, 5.41) is 2.56. The molecule has 0 radical (unpaired) electrons. The number of carbonyl (C=O) groups is 3. The van der Waals surface area contributed by atoms with Crippen molar-refractivity contribution < 1.29 is 19.1 Å². The quantitative estimate of drug-likeness (QED) is 0.680. The molecule has 0 saturated heterocycles. The zero-order valence-corrected chi connectivity index (χ0v) is 12.0. The molecule has 0 aliphatic carbocycles. The van der Waals surface area contributed by atoms with Crippen LogP contribution in [0.1, 0.15) is 27.6 Å². The van der Waals surface area contributed by atoms with Gasteiger partial charge in [0, 0.05) is 5.56 Å². The van der Waals surface area contributed by atoms with Gasteiger partial charge in [-0.25, -0.2) is 4.79 Å². The van der Waals surface area contributed by atoms with E-state index in [1.807, 2.05) is 0 Å². The number of para-hydroxylation sites is 1. The Labute approximate surface area is 127 Å². The van der Waals surface area contributed by atoms with Crippen LogP contribution in [0.25, 0.3) is 0 Å². The van der Waals surface area contributed by atoms with Crippen LogP contribution >= 0.6 is 0 Å².